The van der Waals surface area contributed by atoms with E-state index in [9.17, 15) is 18.7 Å². The van der Waals surface area contributed by atoms with E-state index in [1.165, 1.54) is 0 Å². The molecule has 0 aliphatic rings. The van der Waals surface area contributed by atoms with E-state index in [1.807, 2.05) is 0 Å². The predicted octanol–water partition coefficient (Wildman–Crippen LogP) is 3.08. The fraction of sp³-hybridized carbons (Fsp3) is 0.182. The third-order valence-electron chi connectivity index (χ3n) is 1.83. The number of aliphatic hydroxyl groups is 1. The van der Waals surface area contributed by atoms with Crippen molar-refractivity contribution in [1.29, 1.82) is 0 Å². The van der Waals surface area contributed by atoms with Crippen LogP contribution in [0.2, 0.25) is 5.02 Å². The van der Waals surface area contributed by atoms with Crippen LogP contribution < -0.4 is 0 Å². The van der Waals surface area contributed by atoms with E-state index < -0.39 is 23.4 Å². The van der Waals surface area contributed by atoms with Gasteiger partial charge >= 0.3 is 5.97 Å². The highest BCUT2D eigenvalue weighted by molar-refractivity contribution is 6.32. The molecule has 0 unspecified atom stereocenters. The molecule has 17 heavy (non-hydrogen) atoms. The Morgan fingerprint density at radius 1 is 1.47 bits per heavy atom. The monoisotopic (exact) mass is 262 g/mol. The molecule has 0 spiro atoms. The molecule has 1 N–H and O–H groups in total. The zero-order valence-electron chi connectivity index (χ0n) is 8.84. The molecule has 0 heterocycles. The normalized spacial score (nSPS) is 11.4. The van der Waals surface area contributed by atoms with Crippen molar-refractivity contribution in [2.24, 2.45) is 0 Å². The fourth-order valence-electron chi connectivity index (χ4n) is 1.09. The topological polar surface area (TPSA) is 46.5 Å². The van der Waals surface area contributed by atoms with E-state index >= 15 is 0 Å². The number of carbonyl (C=O) groups is 1. The maximum absolute atomic E-state index is 12.9. The standard InChI is InChI=1S/C11H9ClF2O3/c1-2-17-11(16)5-10(15)6-3-8(13)9(14)4-7(6)12/h3-5,15H,2H2,1H3. The molecular weight excluding hydrogens is 254 g/mol. The van der Waals surface area contributed by atoms with Crippen LogP contribution in [0.5, 0.6) is 0 Å². The Labute approximate surface area is 101 Å². The van der Waals surface area contributed by atoms with Gasteiger partial charge in [0.1, 0.15) is 5.76 Å². The summed E-state index contributed by atoms with van der Waals surface area (Å²) in [7, 11) is 0. The first kappa shape index (κ1) is 13.4. The molecule has 0 amide bonds. The molecule has 0 aromatic heterocycles. The summed E-state index contributed by atoms with van der Waals surface area (Å²) in [6.45, 7) is 1.72. The van der Waals surface area contributed by atoms with Crippen molar-refractivity contribution in [3.05, 3.63) is 40.4 Å². The molecule has 0 aliphatic heterocycles. The van der Waals surface area contributed by atoms with Gasteiger partial charge in [0, 0.05) is 5.56 Å². The number of esters is 1. The lowest BCUT2D eigenvalue weighted by molar-refractivity contribution is -0.137. The molecule has 1 rings (SSSR count). The van der Waals surface area contributed by atoms with Gasteiger partial charge in [0.15, 0.2) is 11.6 Å². The molecule has 1 aromatic rings. The molecular formula is C11H9ClF2O3. The highest BCUT2D eigenvalue weighted by Gasteiger charge is 2.12. The van der Waals surface area contributed by atoms with Crippen molar-refractivity contribution >= 4 is 23.3 Å². The first-order valence-corrected chi connectivity index (χ1v) is 5.05. The van der Waals surface area contributed by atoms with Crippen LogP contribution in [0.4, 0.5) is 8.78 Å². The number of ether oxygens (including phenoxy) is 1. The van der Waals surface area contributed by atoms with Gasteiger partial charge in [-0.3, -0.25) is 0 Å². The molecule has 0 atom stereocenters. The van der Waals surface area contributed by atoms with Gasteiger partial charge in [-0.25, -0.2) is 13.6 Å². The second-order valence-electron chi connectivity index (χ2n) is 3.03. The predicted molar refractivity (Wildman–Crippen MR) is 58.6 cm³/mol. The molecule has 1 aromatic carbocycles. The fourth-order valence-corrected chi connectivity index (χ4v) is 1.34. The van der Waals surface area contributed by atoms with Crippen LogP contribution in [0.25, 0.3) is 5.76 Å². The maximum Gasteiger partial charge on any atom is 0.334 e. The zero-order chi connectivity index (χ0) is 13.0. The summed E-state index contributed by atoms with van der Waals surface area (Å²) in [4.78, 5) is 11.0. The van der Waals surface area contributed by atoms with Crippen LogP contribution in [0.3, 0.4) is 0 Å². The van der Waals surface area contributed by atoms with E-state index in [0.29, 0.717) is 12.1 Å². The largest absolute Gasteiger partial charge is 0.507 e. The quantitative estimate of drug-likeness (QED) is 0.394. The first-order chi connectivity index (χ1) is 7.95. The maximum atomic E-state index is 12.9. The molecule has 6 heteroatoms. The average Bonchev–Trinajstić information content (AvgIpc) is 2.23. The van der Waals surface area contributed by atoms with Crippen molar-refractivity contribution in [2.75, 3.05) is 6.61 Å². The van der Waals surface area contributed by atoms with Gasteiger partial charge in [-0.1, -0.05) is 11.6 Å². The Hall–Kier alpha value is -1.62. The van der Waals surface area contributed by atoms with Crippen LogP contribution in [0.1, 0.15) is 12.5 Å². The van der Waals surface area contributed by atoms with E-state index in [1.54, 1.807) is 6.92 Å². The third-order valence-corrected chi connectivity index (χ3v) is 2.14. The van der Waals surface area contributed by atoms with Gasteiger partial charge < -0.3 is 9.84 Å². The number of halogens is 3. The van der Waals surface area contributed by atoms with Crippen molar-refractivity contribution in [2.45, 2.75) is 6.92 Å². The number of hydrogen-bond acceptors (Lipinski definition) is 3. The third kappa shape index (κ3) is 3.42. The van der Waals surface area contributed by atoms with Crippen LogP contribution >= 0.6 is 11.6 Å². The SMILES string of the molecule is CCOC(=O)C=C(O)c1cc(F)c(F)cc1Cl. The van der Waals surface area contributed by atoms with Crippen molar-refractivity contribution in [3.63, 3.8) is 0 Å². The van der Waals surface area contributed by atoms with Crippen molar-refractivity contribution in [3.8, 4) is 0 Å². The number of rotatable bonds is 3. The summed E-state index contributed by atoms with van der Waals surface area (Å²) < 4.78 is 30.2. The van der Waals surface area contributed by atoms with Gasteiger partial charge in [-0.2, -0.15) is 0 Å². The van der Waals surface area contributed by atoms with Gasteiger partial charge in [0.25, 0.3) is 0 Å². The van der Waals surface area contributed by atoms with Gasteiger partial charge in [-0.05, 0) is 19.1 Å². The molecule has 0 fully saturated rings. The van der Waals surface area contributed by atoms with Crippen molar-refractivity contribution < 1.29 is 23.4 Å². The number of benzene rings is 1. The molecule has 92 valence electrons. The van der Waals surface area contributed by atoms with Crippen LogP contribution in [0, 0.1) is 11.6 Å². The van der Waals surface area contributed by atoms with E-state index in [-0.39, 0.29) is 17.2 Å². The summed E-state index contributed by atoms with van der Waals surface area (Å²) in [5, 5.41) is 9.29. The summed E-state index contributed by atoms with van der Waals surface area (Å²) in [6, 6.07) is 1.41. The van der Waals surface area contributed by atoms with Crippen molar-refractivity contribution in [1.82, 2.24) is 0 Å². The van der Waals surface area contributed by atoms with Gasteiger partial charge in [-0.15, -0.1) is 0 Å². The minimum atomic E-state index is -1.17. The van der Waals surface area contributed by atoms with E-state index in [4.69, 9.17) is 11.6 Å². The Bertz CT molecular complexity index is 472. The minimum Gasteiger partial charge on any atom is -0.507 e. The Morgan fingerprint density at radius 3 is 2.65 bits per heavy atom. The second-order valence-corrected chi connectivity index (χ2v) is 3.43. The van der Waals surface area contributed by atoms with Crippen LogP contribution in [-0.4, -0.2) is 17.7 Å². The molecule has 0 saturated heterocycles. The number of hydrogen-bond donors (Lipinski definition) is 1. The minimum absolute atomic E-state index is 0.133. The average molecular weight is 263 g/mol. The second kappa shape index (κ2) is 5.63. The molecule has 3 nitrogen and oxygen atoms in total. The van der Waals surface area contributed by atoms with Gasteiger partial charge in [0.2, 0.25) is 0 Å². The lowest BCUT2D eigenvalue weighted by Gasteiger charge is -2.04. The highest BCUT2D eigenvalue weighted by atomic mass is 35.5. The molecule has 0 bridgehead atoms. The molecule has 0 aliphatic carbocycles. The van der Waals surface area contributed by atoms with Crippen LogP contribution in [-0.2, 0) is 9.53 Å². The Morgan fingerprint density at radius 2 is 2.06 bits per heavy atom. The Balaban J connectivity index is 3.08. The van der Waals surface area contributed by atoms with E-state index in [2.05, 4.69) is 4.74 Å². The number of carbonyl (C=O) groups excluding carboxylic acids is 1. The first-order valence-electron chi connectivity index (χ1n) is 4.68. The smallest absolute Gasteiger partial charge is 0.334 e. The summed E-state index contributed by atoms with van der Waals surface area (Å²) in [5.74, 6) is -3.70. The molecule has 0 radical (unpaired) electrons. The summed E-state index contributed by atoms with van der Waals surface area (Å²) in [5.41, 5.74) is -0.182. The number of aliphatic hydroxyl groups excluding tert-OH is 1. The van der Waals surface area contributed by atoms with Gasteiger partial charge in [0.05, 0.1) is 17.7 Å². The molecule has 0 saturated carbocycles. The summed E-state index contributed by atoms with van der Waals surface area (Å²) >= 11 is 5.60. The highest BCUT2D eigenvalue weighted by Crippen LogP contribution is 2.25. The summed E-state index contributed by atoms with van der Waals surface area (Å²) in [6.07, 6.45) is 0.738. The van der Waals surface area contributed by atoms with E-state index in [0.717, 1.165) is 6.08 Å². The lowest BCUT2D eigenvalue weighted by atomic mass is 10.1. The Kier molecular flexibility index (Phi) is 4.45. The van der Waals surface area contributed by atoms with Crippen LogP contribution in [0.15, 0.2) is 18.2 Å². The lowest BCUT2D eigenvalue weighted by Crippen LogP contribution is -2.01. The zero-order valence-corrected chi connectivity index (χ0v) is 9.59.